The van der Waals surface area contributed by atoms with Gasteiger partial charge in [0.2, 0.25) is 10.0 Å². The van der Waals surface area contributed by atoms with Crippen molar-refractivity contribution in [1.82, 2.24) is 10.3 Å². The summed E-state index contributed by atoms with van der Waals surface area (Å²) < 4.78 is 24.8. The zero-order valence-corrected chi connectivity index (χ0v) is 14.9. The minimum atomic E-state index is -3.32. The van der Waals surface area contributed by atoms with E-state index in [0.29, 0.717) is 29.2 Å². The summed E-state index contributed by atoms with van der Waals surface area (Å²) in [7, 11) is -3.32. The maximum atomic E-state index is 12.3. The molecule has 1 aromatic heterocycles. The van der Waals surface area contributed by atoms with Crippen LogP contribution in [0.25, 0.3) is 0 Å². The van der Waals surface area contributed by atoms with Gasteiger partial charge in [-0.25, -0.2) is 18.2 Å². The molecule has 0 radical (unpaired) electrons. The maximum absolute atomic E-state index is 12.3. The molecular formula is C15H15N3O5S2. The molecule has 0 fully saturated rings. The summed E-state index contributed by atoms with van der Waals surface area (Å²) in [5.41, 5.74) is 1.78. The van der Waals surface area contributed by atoms with E-state index in [2.05, 4.69) is 10.3 Å². The standard InChI is InChI=1S/C15H15N3O5S2/c1-25(22,23)18-5-4-9-6-10(2-3-12(9)18)14(19)16-7-13-17-11(8-24-13)15(20)21/h2-3,6,8H,4-5,7H2,1H3,(H,16,19)(H,20,21). The third kappa shape index (κ3) is 3.64. The van der Waals surface area contributed by atoms with Crippen molar-refractivity contribution < 1.29 is 23.1 Å². The Bertz CT molecular complexity index is 952. The van der Waals surface area contributed by atoms with E-state index in [0.717, 1.165) is 23.2 Å². The number of carboxylic acids is 1. The number of aromatic carboxylic acids is 1. The number of thiazole rings is 1. The van der Waals surface area contributed by atoms with Crippen LogP contribution in [0.15, 0.2) is 23.6 Å². The van der Waals surface area contributed by atoms with Gasteiger partial charge < -0.3 is 10.4 Å². The van der Waals surface area contributed by atoms with Crippen LogP contribution in [0.2, 0.25) is 0 Å². The minimum Gasteiger partial charge on any atom is -0.476 e. The largest absolute Gasteiger partial charge is 0.476 e. The molecule has 0 saturated carbocycles. The van der Waals surface area contributed by atoms with Crippen LogP contribution in [0, 0.1) is 0 Å². The van der Waals surface area contributed by atoms with Crippen LogP contribution in [0.1, 0.15) is 31.4 Å². The lowest BCUT2D eigenvalue weighted by Gasteiger charge is -2.16. The fraction of sp³-hybridized carbons (Fsp3) is 0.267. The van der Waals surface area contributed by atoms with E-state index in [-0.39, 0.29) is 18.1 Å². The number of hydrogen-bond acceptors (Lipinski definition) is 6. The summed E-state index contributed by atoms with van der Waals surface area (Å²) >= 11 is 1.16. The molecule has 0 spiro atoms. The number of aromatic nitrogens is 1. The number of nitrogens with zero attached hydrogens (tertiary/aromatic N) is 2. The van der Waals surface area contributed by atoms with Crippen molar-refractivity contribution in [2.45, 2.75) is 13.0 Å². The van der Waals surface area contributed by atoms with Gasteiger partial charge in [0.15, 0.2) is 5.69 Å². The van der Waals surface area contributed by atoms with Gasteiger partial charge in [0.1, 0.15) is 5.01 Å². The molecule has 2 N–H and O–H groups in total. The van der Waals surface area contributed by atoms with Gasteiger partial charge >= 0.3 is 5.97 Å². The van der Waals surface area contributed by atoms with E-state index < -0.39 is 16.0 Å². The quantitative estimate of drug-likeness (QED) is 0.801. The number of nitrogens with one attached hydrogen (secondary N) is 1. The Hall–Kier alpha value is -2.46. The number of benzene rings is 1. The molecule has 0 saturated heterocycles. The van der Waals surface area contributed by atoms with Crippen LogP contribution in [0.5, 0.6) is 0 Å². The minimum absolute atomic E-state index is 0.0485. The Balaban J connectivity index is 1.70. The van der Waals surface area contributed by atoms with Crippen LogP contribution in [0.3, 0.4) is 0 Å². The molecule has 2 heterocycles. The van der Waals surface area contributed by atoms with Crippen molar-refractivity contribution in [3.8, 4) is 0 Å². The van der Waals surface area contributed by atoms with Crippen LogP contribution < -0.4 is 9.62 Å². The first-order chi connectivity index (χ1) is 11.8. The molecule has 132 valence electrons. The zero-order valence-electron chi connectivity index (χ0n) is 13.2. The first-order valence-corrected chi connectivity index (χ1v) is 10.0. The van der Waals surface area contributed by atoms with E-state index in [4.69, 9.17) is 5.11 Å². The van der Waals surface area contributed by atoms with Crippen molar-refractivity contribution in [1.29, 1.82) is 0 Å². The van der Waals surface area contributed by atoms with Crippen molar-refractivity contribution in [3.05, 3.63) is 45.4 Å². The molecule has 0 bridgehead atoms. The summed E-state index contributed by atoms with van der Waals surface area (Å²) in [4.78, 5) is 26.9. The van der Waals surface area contributed by atoms with Gasteiger partial charge in [0.05, 0.1) is 18.5 Å². The highest BCUT2D eigenvalue weighted by Gasteiger charge is 2.26. The highest BCUT2D eigenvalue weighted by Crippen LogP contribution is 2.30. The van der Waals surface area contributed by atoms with Crippen molar-refractivity contribution in [2.75, 3.05) is 17.1 Å². The summed E-state index contributed by atoms with van der Waals surface area (Å²) in [5, 5.41) is 13.4. The summed E-state index contributed by atoms with van der Waals surface area (Å²) in [6, 6.07) is 4.88. The summed E-state index contributed by atoms with van der Waals surface area (Å²) in [6.07, 6.45) is 1.71. The zero-order chi connectivity index (χ0) is 18.2. The van der Waals surface area contributed by atoms with Gasteiger partial charge in [-0.05, 0) is 30.2 Å². The van der Waals surface area contributed by atoms with Gasteiger partial charge in [0, 0.05) is 17.5 Å². The predicted molar refractivity (Wildman–Crippen MR) is 92.6 cm³/mol. The van der Waals surface area contributed by atoms with E-state index >= 15 is 0 Å². The fourth-order valence-corrected chi connectivity index (χ4v) is 4.27. The van der Waals surface area contributed by atoms with E-state index in [1.54, 1.807) is 18.2 Å². The summed E-state index contributed by atoms with van der Waals surface area (Å²) in [6.45, 7) is 0.500. The van der Waals surface area contributed by atoms with E-state index in [1.165, 1.54) is 9.69 Å². The Kier molecular flexibility index (Phi) is 4.48. The molecule has 1 aliphatic rings. The molecule has 10 heteroatoms. The molecule has 1 aliphatic heterocycles. The van der Waals surface area contributed by atoms with Crippen LogP contribution in [0.4, 0.5) is 5.69 Å². The lowest BCUT2D eigenvalue weighted by molar-refractivity contribution is 0.0691. The van der Waals surface area contributed by atoms with Crippen molar-refractivity contribution in [3.63, 3.8) is 0 Å². The second-order valence-electron chi connectivity index (χ2n) is 5.54. The third-order valence-corrected chi connectivity index (χ3v) is 5.79. The molecule has 0 atom stereocenters. The lowest BCUT2D eigenvalue weighted by atomic mass is 10.1. The Morgan fingerprint density at radius 3 is 2.80 bits per heavy atom. The van der Waals surface area contributed by atoms with Crippen molar-refractivity contribution >= 4 is 38.9 Å². The van der Waals surface area contributed by atoms with E-state index in [9.17, 15) is 18.0 Å². The van der Waals surface area contributed by atoms with Crippen LogP contribution >= 0.6 is 11.3 Å². The molecule has 8 nitrogen and oxygen atoms in total. The van der Waals surface area contributed by atoms with Gasteiger partial charge in [0.25, 0.3) is 5.91 Å². The number of hydrogen-bond donors (Lipinski definition) is 2. The second-order valence-corrected chi connectivity index (χ2v) is 8.39. The molecular weight excluding hydrogens is 366 g/mol. The number of rotatable bonds is 5. The van der Waals surface area contributed by atoms with E-state index in [1.807, 2.05) is 0 Å². The predicted octanol–water partition coefficient (Wildman–Crippen LogP) is 1.09. The molecule has 2 aromatic rings. The topological polar surface area (TPSA) is 117 Å². The van der Waals surface area contributed by atoms with Gasteiger partial charge in [-0.15, -0.1) is 11.3 Å². The number of sulfonamides is 1. The highest BCUT2D eigenvalue weighted by molar-refractivity contribution is 7.92. The normalized spacial score (nSPS) is 13.6. The van der Waals surface area contributed by atoms with Crippen LogP contribution in [-0.4, -0.2) is 43.2 Å². The molecule has 0 aliphatic carbocycles. The van der Waals surface area contributed by atoms with Gasteiger partial charge in [-0.3, -0.25) is 9.10 Å². The van der Waals surface area contributed by atoms with Crippen LogP contribution in [-0.2, 0) is 23.0 Å². The molecule has 3 rings (SSSR count). The SMILES string of the molecule is CS(=O)(=O)N1CCc2cc(C(=O)NCc3nc(C(=O)O)cs3)ccc21. The van der Waals surface area contributed by atoms with Gasteiger partial charge in [-0.2, -0.15) is 0 Å². The number of carboxylic acid groups (broad SMARTS) is 1. The van der Waals surface area contributed by atoms with Crippen molar-refractivity contribution in [2.24, 2.45) is 0 Å². The highest BCUT2D eigenvalue weighted by atomic mass is 32.2. The van der Waals surface area contributed by atoms with Gasteiger partial charge in [-0.1, -0.05) is 0 Å². The Morgan fingerprint density at radius 1 is 1.40 bits per heavy atom. The molecule has 1 aromatic carbocycles. The average Bonchev–Trinajstić information content (AvgIpc) is 3.18. The number of carbonyl (C=O) groups excluding carboxylic acids is 1. The maximum Gasteiger partial charge on any atom is 0.355 e. The fourth-order valence-electron chi connectivity index (χ4n) is 2.61. The number of carbonyl (C=O) groups is 2. The molecule has 0 unspecified atom stereocenters. The number of amides is 1. The summed E-state index contributed by atoms with van der Waals surface area (Å²) in [5.74, 6) is -1.43. The number of fused-ring (bicyclic) bond motifs is 1. The third-order valence-electron chi connectivity index (χ3n) is 3.77. The smallest absolute Gasteiger partial charge is 0.355 e. The first-order valence-electron chi connectivity index (χ1n) is 7.32. The second kappa shape index (κ2) is 6.45. The lowest BCUT2D eigenvalue weighted by Crippen LogP contribution is -2.27. The Morgan fingerprint density at radius 2 is 2.16 bits per heavy atom. The Labute approximate surface area is 148 Å². The average molecular weight is 381 g/mol. The molecule has 25 heavy (non-hydrogen) atoms. The monoisotopic (exact) mass is 381 g/mol. The molecule has 1 amide bonds. The number of anilines is 1. The first kappa shape index (κ1) is 17.4.